The van der Waals surface area contributed by atoms with Crippen molar-refractivity contribution < 1.29 is 22.8 Å². The highest BCUT2D eigenvalue weighted by atomic mass is 32.2. The van der Waals surface area contributed by atoms with Crippen molar-refractivity contribution in [2.45, 2.75) is 30.4 Å². The zero-order valence-electron chi connectivity index (χ0n) is 23.5. The maximum absolute atomic E-state index is 14.1. The lowest BCUT2D eigenvalue weighted by atomic mass is 9.95. The van der Waals surface area contributed by atoms with Gasteiger partial charge in [-0.15, -0.1) is 0 Å². The standard InChI is InChI=1S/C35H27N3O5S/c39-33(36-28-13-7-8-23(18-28)21-37-34(40)30-14-5-6-15-31(30)35(37)41)32-20-26-11-3-4-12-27(26)22-38(32)44(42,43)29-17-16-24-9-1-2-10-25(24)19-29/h1-19,32H,20-22H2,(H,36,39). The van der Waals surface area contributed by atoms with E-state index in [0.29, 0.717) is 22.4 Å². The van der Waals surface area contributed by atoms with E-state index in [0.717, 1.165) is 21.9 Å². The van der Waals surface area contributed by atoms with Gasteiger partial charge in [-0.2, -0.15) is 4.31 Å². The summed E-state index contributed by atoms with van der Waals surface area (Å²) < 4.78 is 29.4. The molecule has 0 saturated carbocycles. The Morgan fingerprint density at radius 2 is 1.39 bits per heavy atom. The number of hydrogen-bond donors (Lipinski definition) is 1. The molecule has 218 valence electrons. The molecule has 44 heavy (non-hydrogen) atoms. The van der Waals surface area contributed by atoms with Crippen molar-refractivity contribution in [1.29, 1.82) is 0 Å². The fourth-order valence-electron chi connectivity index (χ4n) is 5.98. The summed E-state index contributed by atoms with van der Waals surface area (Å²) in [7, 11) is -4.05. The van der Waals surface area contributed by atoms with E-state index in [9.17, 15) is 22.8 Å². The third-order valence-electron chi connectivity index (χ3n) is 8.25. The summed E-state index contributed by atoms with van der Waals surface area (Å²) in [5, 5.41) is 4.61. The van der Waals surface area contributed by atoms with Crippen LogP contribution in [0, 0.1) is 0 Å². The average Bonchev–Trinajstić information content (AvgIpc) is 3.28. The van der Waals surface area contributed by atoms with Crippen LogP contribution >= 0.6 is 0 Å². The summed E-state index contributed by atoms with van der Waals surface area (Å²) in [6, 6.07) is 32.7. The van der Waals surface area contributed by atoms with Gasteiger partial charge in [0.1, 0.15) is 6.04 Å². The Balaban J connectivity index is 1.16. The maximum Gasteiger partial charge on any atom is 0.261 e. The van der Waals surface area contributed by atoms with Crippen LogP contribution in [0.25, 0.3) is 10.8 Å². The van der Waals surface area contributed by atoms with Crippen LogP contribution in [0.2, 0.25) is 0 Å². The molecule has 0 saturated heterocycles. The average molecular weight is 602 g/mol. The normalized spacial score (nSPS) is 16.5. The number of nitrogens with one attached hydrogen (secondary N) is 1. The molecule has 3 amide bonds. The molecule has 0 bridgehead atoms. The Hall–Kier alpha value is -5.12. The van der Waals surface area contributed by atoms with Gasteiger partial charge in [0, 0.05) is 12.2 Å². The number of nitrogens with zero attached hydrogens (tertiary/aromatic N) is 2. The van der Waals surface area contributed by atoms with Crippen LogP contribution in [0.15, 0.2) is 120 Å². The quantitative estimate of drug-likeness (QED) is 0.263. The van der Waals surface area contributed by atoms with Crippen LogP contribution in [0.5, 0.6) is 0 Å². The van der Waals surface area contributed by atoms with Crippen LogP contribution < -0.4 is 5.32 Å². The summed E-state index contributed by atoms with van der Waals surface area (Å²) in [5.41, 5.74) is 3.58. The highest BCUT2D eigenvalue weighted by Gasteiger charge is 2.40. The molecule has 0 radical (unpaired) electrons. The molecule has 7 rings (SSSR count). The Kier molecular flexibility index (Phi) is 6.84. The van der Waals surface area contributed by atoms with Gasteiger partial charge in [0.15, 0.2) is 0 Å². The molecule has 2 aliphatic rings. The highest BCUT2D eigenvalue weighted by Crippen LogP contribution is 2.31. The molecule has 8 nitrogen and oxygen atoms in total. The third kappa shape index (κ3) is 4.86. The lowest BCUT2D eigenvalue weighted by molar-refractivity contribution is -0.120. The number of sulfonamides is 1. The molecule has 9 heteroatoms. The summed E-state index contributed by atoms with van der Waals surface area (Å²) >= 11 is 0. The number of imide groups is 1. The molecule has 1 unspecified atom stereocenters. The van der Waals surface area contributed by atoms with E-state index < -0.39 is 22.0 Å². The largest absolute Gasteiger partial charge is 0.325 e. The first-order valence-electron chi connectivity index (χ1n) is 14.2. The van der Waals surface area contributed by atoms with E-state index in [1.54, 1.807) is 66.7 Å². The lowest BCUT2D eigenvalue weighted by Gasteiger charge is -2.35. The van der Waals surface area contributed by atoms with Crippen molar-refractivity contribution in [3.63, 3.8) is 0 Å². The van der Waals surface area contributed by atoms with E-state index in [2.05, 4.69) is 5.32 Å². The van der Waals surface area contributed by atoms with E-state index in [4.69, 9.17) is 0 Å². The molecule has 1 atom stereocenters. The highest BCUT2D eigenvalue weighted by molar-refractivity contribution is 7.89. The minimum absolute atomic E-state index is 0.0370. The number of carbonyl (C=O) groups excluding carboxylic acids is 3. The molecule has 2 aliphatic heterocycles. The first kappa shape index (κ1) is 27.7. The van der Waals surface area contributed by atoms with Crippen LogP contribution in [0.4, 0.5) is 5.69 Å². The molecule has 0 spiro atoms. The fraction of sp³-hybridized carbons (Fsp3) is 0.114. The number of hydrogen-bond acceptors (Lipinski definition) is 5. The van der Waals surface area contributed by atoms with Gasteiger partial charge in [0.2, 0.25) is 15.9 Å². The van der Waals surface area contributed by atoms with Gasteiger partial charge in [-0.3, -0.25) is 19.3 Å². The van der Waals surface area contributed by atoms with E-state index >= 15 is 0 Å². The Morgan fingerprint density at radius 1 is 0.727 bits per heavy atom. The van der Waals surface area contributed by atoms with E-state index in [1.807, 2.05) is 48.5 Å². The van der Waals surface area contributed by atoms with Crippen molar-refractivity contribution in [1.82, 2.24) is 9.21 Å². The minimum Gasteiger partial charge on any atom is -0.325 e. The lowest BCUT2D eigenvalue weighted by Crippen LogP contribution is -2.50. The number of anilines is 1. The topological polar surface area (TPSA) is 104 Å². The molecule has 0 aliphatic carbocycles. The molecule has 5 aromatic rings. The Morgan fingerprint density at radius 3 is 2.14 bits per heavy atom. The van der Waals surface area contributed by atoms with Gasteiger partial charge in [-0.25, -0.2) is 8.42 Å². The SMILES string of the molecule is O=C(Nc1cccc(CN2C(=O)c3ccccc3C2=O)c1)C1Cc2ccccc2CN1S(=O)(=O)c1ccc2ccccc2c1. The number of amides is 3. The van der Waals surface area contributed by atoms with Gasteiger partial charge in [0.05, 0.1) is 22.6 Å². The summed E-state index contributed by atoms with van der Waals surface area (Å²) in [5.74, 6) is -1.20. The second-order valence-electron chi connectivity index (χ2n) is 11.0. The molecule has 1 N–H and O–H groups in total. The Bertz CT molecular complexity index is 2060. The predicted octanol–water partition coefficient (Wildman–Crippen LogP) is 5.39. The van der Waals surface area contributed by atoms with Gasteiger partial charge in [-0.05, 0) is 70.3 Å². The van der Waals surface area contributed by atoms with Gasteiger partial charge >= 0.3 is 0 Å². The molecule has 0 fully saturated rings. The molecular formula is C35H27N3O5S. The van der Waals surface area contributed by atoms with Crippen molar-refractivity contribution in [2.24, 2.45) is 0 Å². The van der Waals surface area contributed by atoms with Gasteiger partial charge in [-0.1, -0.05) is 78.9 Å². The van der Waals surface area contributed by atoms with Gasteiger partial charge < -0.3 is 5.32 Å². The predicted molar refractivity (Wildman–Crippen MR) is 166 cm³/mol. The first-order valence-corrected chi connectivity index (χ1v) is 15.7. The Labute approximate surface area is 254 Å². The molecule has 2 heterocycles. The van der Waals surface area contributed by atoms with E-state index in [1.165, 1.54) is 9.21 Å². The van der Waals surface area contributed by atoms with Crippen LogP contribution in [0.1, 0.15) is 37.4 Å². The second-order valence-corrected chi connectivity index (χ2v) is 12.9. The monoisotopic (exact) mass is 601 g/mol. The molecule has 5 aromatic carbocycles. The van der Waals surface area contributed by atoms with E-state index in [-0.39, 0.29) is 36.2 Å². The van der Waals surface area contributed by atoms with Crippen molar-refractivity contribution in [3.8, 4) is 0 Å². The second kappa shape index (κ2) is 10.9. The minimum atomic E-state index is -4.05. The molecular weight excluding hydrogens is 574 g/mol. The van der Waals surface area contributed by atoms with Crippen LogP contribution in [-0.4, -0.2) is 41.4 Å². The number of rotatable bonds is 6. The number of benzene rings is 5. The first-order chi connectivity index (χ1) is 21.3. The fourth-order valence-corrected chi connectivity index (χ4v) is 7.58. The number of carbonyl (C=O) groups is 3. The van der Waals surface area contributed by atoms with Crippen LogP contribution in [-0.2, 0) is 34.3 Å². The summed E-state index contributed by atoms with van der Waals surface area (Å²) in [6.07, 6.45) is 0.212. The van der Waals surface area contributed by atoms with Crippen molar-refractivity contribution in [2.75, 3.05) is 5.32 Å². The smallest absolute Gasteiger partial charge is 0.261 e. The van der Waals surface area contributed by atoms with Crippen LogP contribution in [0.3, 0.4) is 0 Å². The van der Waals surface area contributed by atoms with Crippen molar-refractivity contribution in [3.05, 3.63) is 143 Å². The van der Waals surface area contributed by atoms with Gasteiger partial charge in [0.25, 0.3) is 11.8 Å². The zero-order valence-corrected chi connectivity index (χ0v) is 24.3. The number of fused-ring (bicyclic) bond motifs is 3. The third-order valence-corrected chi connectivity index (χ3v) is 10.1. The zero-order chi connectivity index (χ0) is 30.4. The molecule has 0 aromatic heterocycles. The maximum atomic E-state index is 14.1. The van der Waals surface area contributed by atoms with Crippen molar-refractivity contribution >= 4 is 44.2 Å². The summed E-state index contributed by atoms with van der Waals surface area (Å²) in [4.78, 5) is 40.9. The summed E-state index contributed by atoms with van der Waals surface area (Å²) in [6.45, 7) is 0.0958.